The second kappa shape index (κ2) is 5.48. The third kappa shape index (κ3) is 6.88. The van der Waals surface area contributed by atoms with E-state index in [1.807, 2.05) is 0 Å². The maximum atomic E-state index is 5.92. The molecule has 0 atom stereocenters. The molecule has 0 fully saturated rings. The first-order chi connectivity index (χ1) is 5.87. The van der Waals surface area contributed by atoms with E-state index in [-0.39, 0.29) is 0 Å². The lowest BCUT2D eigenvalue weighted by Gasteiger charge is -2.21. The minimum atomic E-state index is -1.38. The van der Waals surface area contributed by atoms with Gasteiger partial charge in [-0.05, 0) is 51.9 Å². The Morgan fingerprint density at radius 3 is 2.08 bits per heavy atom. The van der Waals surface area contributed by atoms with Gasteiger partial charge in [0.2, 0.25) is 8.32 Å². The van der Waals surface area contributed by atoms with Gasteiger partial charge in [-0.2, -0.15) is 0 Å². The molecule has 0 rings (SSSR count). The van der Waals surface area contributed by atoms with Crippen LogP contribution in [0.15, 0.2) is 11.3 Å². The zero-order valence-electron chi connectivity index (χ0n) is 10.0. The number of allylic oxidation sites excluding steroid dienone is 2. The van der Waals surface area contributed by atoms with Crippen LogP contribution in [0.4, 0.5) is 0 Å². The highest BCUT2D eigenvalue weighted by atomic mass is 28.4. The molecule has 0 aliphatic rings. The van der Waals surface area contributed by atoms with Gasteiger partial charge in [0.05, 0.1) is 5.76 Å². The first-order valence-electron chi connectivity index (χ1n) is 5.22. The molecule has 0 aromatic heterocycles. The third-order valence-corrected chi connectivity index (χ3v) is 2.88. The van der Waals surface area contributed by atoms with E-state index in [2.05, 4.69) is 40.4 Å². The molecule has 0 radical (unpaired) electrons. The topological polar surface area (TPSA) is 9.23 Å². The smallest absolute Gasteiger partial charge is 0.241 e. The normalized spacial score (nSPS) is 14.0. The molecule has 0 aromatic rings. The molecule has 2 heteroatoms. The van der Waals surface area contributed by atoms with Crippen molar-refractivity contribution in [3.05, 3.63) is 11.3 Å². The van der Waals surface area contributed by atoms with Crippen LogP contribution in [0.3, 0.4) is 0 Å². The molecule has 0 aliphatic carbocycles. The van der Waals surface area contributed by atoms with Gasteiger partial charge in [0.1, 0.15) is 0 Å². The Labute approximate surface area is 84.3 Å². The standard InChI is InChI=1S/C11H24OSi/c1-7-8-9-10(2)11(3)12-13(4,5)6/h7-9H2,1-6H3. The van der Waals surface area contributed by atoms with Crippen LogP contribution in [-0.2, 0) is 4.43 Å². The fourth-order valence-corrected chi connectivity index (χ4v) is 2.26. The Kier molecular flexibility index (Phi) is 5.38. The van der Waals surface area contributed by atoms with E-state index in [1.165, 1.54) is 24.8 Å². The summed E-state index contributed by atoms with van der Waals surface area (Å²) in [4.78, 5) is 0. The molecular formula is C11H24OSi. The number of rotatable bonds is 5. The zero-order valence-corrected chi connectivity index (χ0v) is 11.0. The van der Waals surface area contributed by atoms with Gasteiger partial charge in [-0.15, -0.1) is 0 Å². The van der Waals surface area contributed by atoms with E-state index in [4.69, 9.17) is 4.43 Å². The summed E-state index contributed by atoms with van der Waals surface area (Å²) in [6.45, 7) is 13.2. The summed E-state index contributed by atoms with van der Waals surface area (Å²) in [5.74, 6) is 1.16. The average Bonchev–Trinajstić information content (AvgIpc) is 1.96. The van der Waals surface area contributed by atoms with Crippen LogP contribution >= 0.6 is 0 Å². The minimum Gasteiger partial charge on any atom is -0.548 e. The van der Waals surface area contributed by atoms with Crippen molar-refractivity contribution in [1.82, 2.24) is 0 Å². The molecule has 78 valence electrons. The predicted octanol–water partition coefficient (Wildman–Crippen LogP) is 4.32. The Hall–Kier alpha value is -0.243. The monoisotopic (exact) mass is 200 g/mol. The zero-order chi connectivity index (χ0) is 10.5. The molecular weight excluding hydrogens is 176 g/mol. The van der Waals surface area contributed by atoms with Crippen LogP contribution in [0.2, 0.25) is 19.6 Å². The minimum absolute atomic E-state index is 1.16. The van der Waals surface area contributed by atoms with E-state index in [0.717, 1.165) is 5.76 Å². The highest BCUT2D eigenvalue weighted by molar-refractivity contribution is 6.70. The highest BCUT2D eigenvalue weighted by Gasteiger charge is 2.16. The van der Waals surface area contributed by atoms with Crippen LogP contribution in [0.5, 0.6) is 0 Å². The molecule has 0 saturated heterocycles. The van der Waals surface area contributed by atoms with Crippen LogP contribution in [0.25, 0.3) is 0 Å². The van der Waals surface area contributed by atoms with Gasteiger partial charge >= 0.3 is 0 Å². The lowest BCUT2D eigenvalue weighted by molar-refractivity contribution is 0.414. The van der Waals surface area contributed by atoms with E-state index >= 15 is 0 Å². The van der Waals surface area contributed by atoms with Crippen LogP contribution < -0.4 is 0 Å². The highest BCUT2D eigenvalue weighted by Crippen LogP contribution is 2.17. The SMILES string of the molecule is CCCCC(C)=C(C)O[Si](C)(C)C. The molecule has 0 saturated carbocycles. The van der Waals surface area contributed by atoms with Gasteiger partial charge in [-0.3, -0.25) is 0 Å². The van der Waals surface area contributed by atoms with Gasteiger partial charge in [0.15, 0.2) is 0 Å². The lowest BCUT2D eigenvalue weighted by atomic mass is 10.1. The maximum absolute atomic E-state index is 5.92. The summed E-state index contributed by atoms with van der Waals surface area (Å²) in [5.41, 5.74) is 1.42. The van der Waals surface area contributed by atoms with Gasteiger partial charge in [0.25, 0.3) is 0 Å². The number of hydrogen-bond donors (Lipinski definition) is 0. The van der Waals surface area contributed by atoms with Gasteiger partial charge in [-0.25, -0.2) is 0 Å². The molecule has 0 aromatic carbocycles. The summed E-state index contributed by atoms with van der Waals surface area (Å²) in [5, 5.41) is 0. The first-order valence-corrected chi connectivity index (χ1v) is 8.63. The van der Waals surface area contributed by atoms with Crippen molar-refractivity contribution in [1.29, 1.82) is 0 Å². The van der Waals surface area contributed by atoms with Crippen molar-refractivity contribution in [2.45, 2.75) is 59.7 Å². The summed E-state index contributed by atoms with van der Waals surface area (Å²) in [6.07, 6.45) is 3.72. The fourth-order valence-electron chi connectivity index (χ4n) is 1.16. The van der Waals surface area contributed by atoms with Gasteiger partial charge in [0, 0.05) is 0 Å². The largest absolute Gasteiger partial charge is 0.548 e. The predicted molar refractivity (Wildman–Crippen MR) is 62.3 cm³/mol. The second-order valence-corrected chi connectivity index (χ2v) is 9.08. The Balaban J connectivity index is 4.11. The quantitative estimate of drug-likeness (QED) is 0.474. The summed E-state index contributed by atoms with van der Waals surface area (Å²) < 4.78 is 5.92. The van der Waals surface area contributed by atoms with Crippen molar-refractivity contribution in [3.8, 4) is 0 Å². The van der Waals surface area contributed by atoms with E-state index in [0.29, 0.717) is 0 Å². The van der Waals surface area contributed by atoms with E-state index < -0.39 is 8.32 Å². The summed E-state index contributed by atoms with van der Waals surface area (Å²) >= 11 is 0. The van der Waals surface area contributed by atoms with E-state index in [1.54, 1.807) is 0 Å². The molecule has 0 N–H and O–H groups in total. The summed E-state index contributed by atoms with van der Waals surface area (Å²) in [6, 6.07) is 0. The van der Waals surface area contributed by atoms with Crippen LogP contribution in [0.1, 0.15) is 40.0 Å². The van der Waals surface area contributed by atoms with Crippen molar-refractivity contribution in [2.75, 3.05) is 0 Å². The molecule has 0 bridgehead atoms. The number of unbranched alkanes of at least 4 members (excludes halogenated alkanes) is 1. The van der Waals surface area contributed by atoms with Crippen LogP contribution in [0, 0.1) is 0 Å². The fraction of sp³-hybridized carbons (Fsp3) is 0.818. The molecule has 1 nitrogen and oxygen atoms in total. The van der Waals surface area contributed by atoms with Gasteiger partial charge in [-0.1, -0.05) is 13.3 Å². The molecule has 0 amide bonds. The average molecular weight is 200 g/mol. The lowest BCUT2D eigenvalue weighted by Crippen LogP contribution is -2.24. The first kappa shape index (κ1) is 12.8. The molecule has 0 heterocycles. The van der Waals surface area contributed by atoms with Crippen LogP contribution in [-0.4, -0.2) is 8.32 Å². The Morgan fingerprint density at radius 2 is 1.69 bits per heavy atom. The van der Waals surface area contributed by atoms with Crippen molar-refractivity contribution in [2.24, 2.45) is 0 Å². The van der Waals surface area contributed by atoms with Crippen molar-refractivity contribution >= 4 is 8.32 Å². The summed E-state index contributed by atoms with van der Waals surface area (Å²) in [7, 11) is -1.38. The third-order valence-electron chi connectivity index (χ3n) is 1.97. The maximum Gasteiger partial charge on any atom is 0.241 e. The molecule has 0 aliphatic heterocycles. The van der Waals surface area contributed by atoms with Crippen molar-refractivity contribution < 1.29 is 4.43 Å². The van der Waals surface area contributed by atoms with Crippen molar-refractivity contribution in [3.63, 3.8) is 0 Å². The molecule has 0 unspecified atom stereocenters. The van der Waals surface area contributed by atoms with Gasteiger partial charge < -0.3 is 4.43 Å². The number of hydrogen-bond acceptors (Lipinski definition) is 1. The Morgan fingerprint density at radius 1 is 1.15 bits per heavy atom. The van der Waals surface area contributed by atoms with E-state index in [9.17, 15) is 0 Å². The second-order valence-electron chi connectivity index (χ2n) is 4.65. The molecule has 13 heavy (non-hydrogen) atoms. The Bertz CT molecular complexity index is 177. The molecule has 0 spiro atoms.